The molecular formula is C8H11ClO2. The maximum Gasteiger partial charge on any atom is 0.265 e. The highest BCUT2D eigenvalue weighted by Crippen LogP contribution is 2.34. The SMILES string of the molecule is CC1=C(C)OC(C)(C(=O)Cl)C1. The van der Waals surface area contributed by atoms with Crippen molar-refractivity contribution in [1.82, 2.24) is 0 Å². The maximum absolute atomic E-state index is 10.9. The average molecular weight is 175 g/mol. The standard InChI is InChI=1S/C8H11ClO2/c1-5-4-8(3,7(9)10)11-6(5)2/h4H2,1-3H3. The number of allylic oxidation sites excluding steroid dienone is 1. The number of halogens is 1. The van der Waals surface area contributed by atoms with Crippen LogP contribution < -0.4 is 0 Å². The highest BCUT2D eigenvalue weighted by Gasteiger charge is 2.39. The average Bonchev–Trinajstić information content (AvgIpc) is 2.09. The lowest BCUT2D eigenvalue weighted by atomic mass is 10.0. The molecule has 62 valence electrons. The number of carbonyl (C=O) groups is 1. The van der Waals surface area contributed by atoms with Crippen molar-refractivity contribution < 1.29 is 9.53 Å². The van der Waals surface area contributed by atoms with Crippen LogP contribution in [0.15, 0.2) is 11.3 Å². The molecular weight excluding hydrogens is 164 g/mol. The predicted octanol–water partition coefficient (Wildman–Crippen LogP) is 2.22. The second kappa shape index (κ2) is 2.52. The van der Waals surface area contributed by atoms with E-state index in [4.69, 9.17) is 16.3 Å². The van der Waals surface area contributed by atoms with Crippen molar-refractivity contribution in [2.24, 2.45) is 0 Å². The van der Waals surface area contributed by atoms with Crippen LogP contribution in [0.5, 0.6) is 0 Å². The minimum Gasteiger partial charge on any atom is -0.483 e. The lowest BCUT2D eigenvalue weighted by Gasteiger charge is -2.19. The Hall–Kier alpha value is -0.500. The molecule has 0 radical (unpaired) electrons. The molecule has 1 unspecified atom stereocenters. The summed E-state index contributed by atoms with van der Waals surface area (Å²) in [6.45, 7) is 5.50. The summed E-state index contributed by atoms with van der Waals surface area (Å²) in [5.74, 6) is 0.821. The van der Waals surface area contributed by atoms with Gasteiger partial charge in [-0.3, -0.25) is 4.79 Å². The van der Waals surface area contributed by atoms with E-state index in [1.807, 2.05) is 13.8 Å². The third-order valence-corrected chi connectivity index (χ3v) is 2.40. The van der Waals surface area contributed by atoms with Gasteiger partial charge in [0.1, 0.15) is 0 Å². The molecule has 1 aliphatic rings. The smallest absolute Gasteiger partial charge is 0.265 e. The second-order valence-electron chi connectivity index (χ2n) is 3.12. The van der Waals surface area contributed by atoms with Gasteiger partial charge in [0, 0.05) is 6.42 Å². The van der Waals surface area contributed by atoms with Gasteiger partial charge in [0.2, 0.25) is 0 Å². The fourth-order valence-electron chi connectivity index (χ4n) is 1.20. The van der Waals surface area contributed by atoms with Gasteiger partial charge in [-0.25, -0.2) is 0 Å². The quantitative estimate of drug-likeness (QED) is 0.570. The van der Waals surface area contributed by atoms with Crippen molar-refractivity contribution in [3.8, 4) is 0 Å². The Morgan fingerprint density at radius 1 is 1.64 bits per heavy atom. The van der Waals surface area contributed by atoms with Crippen molar-refractivity contribution in [1.29, 1.82) is 0 Å². The van der Waals surface area contributed by atoms with Crippen molar-refractivity contribution in [3.05, 3.63) is 11.3 Å². The highest BCUT2D eigenvalue weighted by molar-refractivity contribution is 6.65. The number of hydrogen-bond donors (Lipinski definition) is 0. The first kappa shape index (κ1) is 8.60. The van der Waals surface area contributed by atoms with E-state index in [0.717, 1.165) is 11.3 Å². The van der Waals surface area contributed by atoms with Gasteiger partial charge >= 0.3 is 0 Å². The van der Waals surface area contributed by atoms with Gasteiger partial charge in [0.15, 0.2) is 5.60 Å². The lowest BCUT2D eigenvalue weighted by molar-refractivity contribution is -0.127. The first-order chi connectivity index (χ1) is 4.96. The molecule has 0 saturated heterocycles. The van der Waals surface area contributed by atoms with Crippen molar-refractivity contribution in [3.63, 3.8) is 0 Å². The van der Waals surface area contributed by atoms with Crippen molar-refractivity contribution in [2.75, 3.05) is 0 Å². The van der Waals surface area contributed by atoms with E-state index < -0.39 is 10.8 Å². The number of rotatable bonds is 1. The minimum atomic E-state index is -0.810. The molecule has 2 nitrogen and oxygen atoms in total. The molecule has 1 aliphatic heterocycles. The molecule has 1 atom stereocenters. The van der Waals surface area contributed by atoms with Crippen LogP contribution in [0, 0.1) is 0 Å². The molecule has 1 heterocycles. The summed E-state index contributed by atoms with van der Waals surface area (Å²) < 4.78 is 5.32. The molecule has 0 N–H and O–H groups in total. The Bertz CT molecular complexity index is 216. The van der Waals surface area contributed by atoms with Gasteiger partial charge in [0.25, 0.3) is 5.24 Å². The van der Waals surface area contributed by atoms with Gasteiger partial charge in [-0.15, -0.1) is 0 Å². The zero-order valence-corrected chi connectivity index (χ0v) is 7.66. The Balaban J connectivity index is 2.80. The largest absolute Gasteiger partial charge is 0.483 e. The normalized spacial score (nSPS) is 30.5. The van der Waals surface area contributed by atoms with Crippen LogP contribution in [0.4, 0.5) is 0 Å². The molecule has 0 amide bonds. The van der Waals surface area contributed by atoms with Crippen LogP contribution in [-0.4, -0.2) is 10.8 Å². The van der Waals surface area contributed by atoms with Crippen molar-refractivity contribution in [2.45, 2.75) is 32.8 Å². The van der Waals surface area contributed by atoms with Gasteiger partial charge < -0.3 is 4.74 Å². The van der Waals surface area contributed by atoms with Crippen LogP contribution >= 0.6 is 11.6 Å². The fourth-order valence-corrected chi connectivity index (χ4v) is 1.31. The van der Waals surface area contributed by atoms with Crippen LogP contribution in [0.1, 0.15) is 27.2 Å². The zero-order valence-electron chi connectivity index (χ0n) is 6.90. The zero-order chi connectivity index (χ0) is 8.65. The molecule has 0 spiro atoms. The molecule has 0 aromatic heterocycles. The molecule has 0 aliphatic carbocycles. The van der Waals surface area contributed by atoms with E-state index in [2.05, 4.69) is 0 Å². The minimum absolute atomic E-state index is 0.422. The number of carbonyl (C=O) groups excluding carboxylic acids is 1. The molecule has 1 rings (SSSR count). The first-order valence-corrected chi connectivity index (χ1v) is 3.89. The summed E-state index contributed by atoms with van der Waals surface area (Å²) in [6, 6.07) is 0. The monoisotopic (exact) mass is 174 g/mol. The van der Waals surface area contributed by atoms with Crippen molar-refractivity contribution >= 4 is 16.8 Å². The van der Waals surface area contributed by atoms with E-state index in [-0.39, 0.29) is 0 Å². The van der Waals surface area contributed by atoms with Gasteiger partial charge in [0.05, 0.1) is 5.76 Å². The molecule has 0 aromatic carbocycles. The van der Waals surface area contributed by atoms with Crippen LogP contribution in [-0.2, 0) is 9.53 Å². The molecule has 11 heavy (non-hydrogen) atoms. The molecule has 0 fully saturated rings. The second-order valence-corrected chi connectivity index (χ2v) is 3.46. The van der Waals surface area contributed by atoms with E-state index in [9.17, 15) is 4.79 Å². The highest BCUT2D eigenvalue weighted by atomic mass is 35.5. The Morgan fingerprint density at radius 3 is 2.36 bits per heavy atom. The van der Waals surface area contributed by atoms with E-state index in [1.165, 1.54) is 0 Å². The third kappa shape index (κ3) is 1.41. The van der Waals surface area contributed by atoms with E-state index >= 15 is 0 Å². The van der Waals surface area contributed by atoms with Gasteiger partial charge in [-0.1, -0.05) is 0 Å². The summed E-state index contributed by atoms with van der Waals surface area (Å²) in [5, 5.41) is -0.422. The fraction of sp³-hybridized carbons (Fsp3) is 0.625. The Kier molecular flexibility index (Phi) is 1.97. The Morgan fingerprint density at radius 2 is 2.18 bits per heavy atom. The first-order valence-electron chi connectivity index (χ1n) is 3.51. The predicted molar refractivity (Wildman–Crippen MR) is 43.3 cm³/mol. The molecule has 0 saturated carbocycles. The van der Waals surface area contributed by atoms with E-state index in [0.29, 0.717) is 6.42 Å². The summed E-state index contributed by atoms with van der Waals surface area (Å²) >= 11 is 5.37. The molecule has 3 heteroatoms. The molecule has 0 bridgehead atoms. The topological polar surface area (TPSA) is 26.3 Å². The summed E-state index contributed by atoms with van der Waals surface area (Å²) in [4.78, 5) is 10.9. The van der Waals surface area contributed by atoms with Crippen LogP contribution in [0.3, 0.4) is 0 Å². The molecule has 0 aromatic rings. The van der Waals surface area contributed by atoms with Crippen LogP contribution in [0.25, 0.3) is 0 Å². The maximum atomic E-state index is 10.9. The summed E-state index contributed by atoms with van der Waals surface area (Å²) in [6.07, 6.45) is 0.612. The number of hydrogen-bond acceptors (Lipinski definition) is 2. The number of ether oxygens (including phenoxy) is 1. The third-order valence-electron chi connectivity index (χ3n) is 2.00. The lowest BCUT2D eigenvalue weighted by Crippen LogP contribution is -2.31. The summed E-state index contributed by atoms with van der Waals surface area (Å²) in [7, 11) is 0. The van der Waals surface area contributed by atoms with Gasteiger partial charge in [-0.05, 0) is 37.9 Å². The van der Waals surface area contributed by atoms with Crippen LogP contribution in [0.2, 0.25) is 0 Å². The Labute approximate surface area is 71.2 Å². The van der Waals surface area contributed by atoms with E-state index in [1.54, 1.807) is 6.92 Å². The summed E-state index contributed by atoms with van der Waals surface area (Å²) in [5.41, 5.74) is 0.289. The van der Waals surface area contributed by atoms with Gasteiger partial charge in [-0.2, -0.15) is 0 Å².